The molecule has 0 aliphatic rings. The first-order valence-corrected chi connectivity index (χ1v) is 4.95. The van der Waals surface area contributed by atoms with E-state index in [1.807, 2.05) is 0 Å². The Kier molecular flexibility index (Phi) is 3.66. The number of benzene rings is 1. The molecule has 0 heterocycles. The molecule has 0 aliphatic heterocycles. The average Bonchev–Trinajstić information content (AvgIpc) is 2.11. The average molecular weight is 277 g/mol. The Morgan fingerprint density at radius 1 is 1.64 bits per heavy atom. The number of rotatable bonds is 2. The maximum absolute atomic E-state index is 10.4. The third kappa shape index (κ3) is 2.82. The quantitative estimate of drug-likeness (QED) is 0.610. The number of nitrogens with zero attached hydrogens (tertiary/aromatic N) is 1. The van der Waals surface area contributed by atoms with Crippen LogP contribution in [-0.2, 0) is 0 Å². The van der Waals surface area contributed by atoms with Crippen LogP contribution in [0.2, 0.25) is 5.02 Å². The first kappa shape index (κ1) is 11.2. The zero-order valence-electron chi connectivity index (χ0n) is 7.33. The van der Waals surface area contributed by atoms with Crippen LogP contribution in [-0.4, -0.2) is 4.92 Å². The van der Waals surface area contributed by atoms with Crippen LogP contribution in [0.15, 0.2) is 28.4 Å². The van der Waals surface area contributed by atoms with E-state index in [-0.39, 0.29) is 5.70 Å². The highest BCUT2D eigenvalue weighted by atomic mass is 79.9. The number of allylic oxidation sites excluding steroid dienone is 1. The molecule has 0 spiro atoms. The lowest BCUT2D eigenvalue weighted by atomic mass is 10.2. The molecule has 5 heteroatoms. The second kappa shape index (κ2) is 4.57. The largest absolute Gasteiger partial charge is 0.259 e. The van der Waals surface area contributed by atoms with Crippen molar-refractivity contribution in [1.82, 2.24) is 0 Å². The molecule has 0 atom stereocenters. The molecule has 1 aromatic carbocycles. The summed E-state index contributed by atoms with van der Waals surface area (Å²) in [5.41, 5.74) is 0.777. The summed E-state index contributed by atoms with van der Waals surface area (Å²) in [6, 6.07) is 5.13. The van der Waals surface area contributed by atoms with E-state index in [2.05, 4.69) is 15.9 Å². The van der Waals surface area contributed by atoms with Gasteiger partial charge < -0.3 is 0 Å². The van der Waals surface area contributed by atoms with Crippen LogP contribution in [0.25, 0.3) is 6.08 Å². The summed E-state index contributed by atoms with van der Waals surface area (Å²) in [7, 11) is 0. The van der Waals surface area contributed by atoms with Crippen molar-refractivity contribution in [2.45, 2.75) is 6.92 Å². The first-order chi connectivity index (χ1) is 6.50. The van der Waals surface area contributed by atoms with E-state index >= 15 is 0 Å². The Morgan fingerprint density at radius 3 is 2.86 bits per heavy atom. The standard InChI is InChI=1S/C9H7BrClNO2/c1-6(12(13)14)4-7-5-8(11)2-3-9(7)10/h2-5H,1H3. The fraction of sp³-hybridized carbons (Fsp3) is 0.111. The van der Waals surface area contributed by atoms with Gasteiger partial charge in [-0.2, -0.15) is 0 Å². The van der Waals surface area contributed by atoms with Gasteiger partial charge in [-0.15, -0.1) is 0 Å². The fourth-order valence-corrected chi connectivity index (χ4v) is 1.44. The van der Waals surface area contributed by atoms with E-state index in [0.29, 0.717) is 10.6 Å². The summed E-state index contributed by atoms with van der Waals surface area (Å²) >= 11 is 9.04. The monoisotopic (exact) mass is 275 g/mol. The molecule has 0 unspecified atom stereocenters. The van der Waals surface area contributed by atoms with Crippen molar-refractivity contribution in [2.75, 3.05) is 0 Å². The Morgan fingerprint density at radius 2 is 2.29 bits per heavy atom. The molecule has 0 saturated carbocycles. The van der Waals surface area contributed by atoms with Gasteiger partial charge >= 0.3 is 0 Å². The van der Waals surface area contributed by atoms with Crippen LogP contribution in [0.1, 0.15) is 12.5 Å². The van der Waals surface area contributed by atoms with Gasteiger partial charge in [-0.1, -0.05) is 27.5 Å². The summed E-state index contributed by atoms with van der Waals surface area (Å²) in [5.74, 6) is 0. The lowest BCUT2D eigenvalue weighted by Gasteiger charge is -1.98. The molecule has 1 aromatic rings. The predicted octanol–water partition coefficient (Wildman–Crippen LogP) is 3.74. The van der Waals surface area contributed by atoms with Crippen molar-refractivity contribution in [2.24, 2.45) is 0 Å². The van der Waals surface area contributed by atoms with Gasteiger partial charge in [-0.3, -0.25) is 10.1 Å². The molecule has 3 nitrogen and oxygen atoms in total. The molecule has 0 aromatic heterocycles. The molecule has 14 heavy (non-hydrogen) atoms. The Balaban J connectivity index is 3.13. The van der Waals surface area contributed by atoms with E-state index < -0.39 is 4.92 Å². The van der Waals surface area contributed by atoms with Gasteiger partial charge in [0.15, 0.2) is 0 Å². The van der Waals surface area contributed by atoms with Crippen molar-refractivity contribution in [3.8, 4) is 0 Å². The molecule has 0 fully saturated rings. The minimum Gasteiger partial charge on any atom is -0.259 e. The normalized spacial score (nSPS) is 11.5. The van der Waals surface area contributed by atoms with E-state index in [9.17, 15) is 10.1 Å². The highest BCUT2D eigenvalue weighted by Gasteiger charge is 2.05. The maximum Gasteiger partial charge on any atom is 0.243 e. The van der Waals surface area contributed by atoms with Crippen LogP contribution >= 0.6 is 27.5 Å². The summed E-state index contributed by atoms with van der Waals surface area (Å²) in [5, 5.41) is 10.9. The zero-order chi connectivity index (χ0) is 10.7. The second-order valence-corrected chi connectivity index (χ2v) is 4.00. The molecule has 0 saturated heterocycles. The van der Waals surface area contributed by atoms with Gasteiger partial charge in [0.25, 0.3) is 0 Å². The molecule has 0 aliphatic carbocycles. The van der Waals surface area contributed by atoms with Crippen LogP contribution in [0, 0.1) is 10.1 Å². The molecular weight excluding hydrogens is 269 g/mol. The Bertz CT molecular complexity index is 404. The summed E-state index contributed by atoms with van der Waals surface area (Å²) in [4.78, 5) is 9.95. The highest BCUT2D eigenvalue weighted by Crippen LogP contribution is 2.23. The van der Waals surface area contributed by atoms with Crippen molar-refractivity contribution in [1.29, 1.82) is 0 Å². The van der Waals surface area contributed by atoms with Gasteiger partial charge in [0, 0.05) is 22.5 Å². The lowest BCUT2D eigenvalue weighted by Crippen LogP contribution is -1.93. The van der Waals surface area contributed by atoms with E-state index in [1.165, 1.54) is 13.0 Å². The molecular formula is C9H7BrClNO2. The van der Waals surface area contributed by atoms with E-state index in [1.54, 1.807) is 18.2 Å². The van der Waals surface area contributed by atoms with Gasteiger partial charge in [0.1, 0.15) is 0 Å². The summed E-state index contributed by atoms with van der Waals surface area (Å²) < 4.78 is 0.781. The fourth-order valence-electron chi connectivity index (χ4n) is 0.903. The van der Waals surface area contributed by atoms with Crippen molar-refractivity contribution >= 4 is 33.6 Å². The number of hydrogen-bond acceptors (Lipinski definition) is 2. The first-order valence-electron chi connectivity index (χ1n) is 3.78. The topological polar surface area (TPSA) is 43.1 Å². The van der Waals surface area contributed by atoms with Gasteiger partial charge in [-0.25, -0.2) is 0 Å². The SMILES string of the molecule is CC(=Cc1cc(Cl)ccc1Br)[N+](=O)[O-]. The van der Waals surface area contributed by atoms with Crippen LogP contribution in [0.3, 0.4) is 0 Å². The minimum atomic E-state index is -0.437. The third-order valence-corrected chi connectivity index (χ3v) is 2.57. The Labute approximate surface area is 94.7 Å². The molecule has 1 rings (SSSR count). The molecule has 0 bridgehead atoms. The maximum atomic E-state index is 10.4. The minimum absolute atomic E-state index is 0.0768. The second-order valence-electron chi connectivity index (χ2n) is 2.71. The molecule has 0 amide bonds. The highest BCUT2D eigenvalue weighted by molar-refractivity contribution is 9.10. The predicted molar refractivity (Wildman–Crippen MR) is 59.8 cm³/mol. The number of nitro groups is 1. The van der Waals surface area contributed by atoms with Crippen LogP contribution in [0.4, 0.5) is 0 Å². The van der Waals surface area contributed by atoms with Gasteiger partial charge in [0.2, 0.25) is 5.70 Å². The molecule has 74 valence electrons. The smallest absolute Gasteiger partial charge is 0.243 e. The van der Waals surface area contributed by atoms with Crippen molar-refractivity contribution in [3.63, 3.8) is 0 Å². The van der Waals surface area contributed by atoms with E-state index in [4.69, 9.17) is 11.6 Å². The van der Waals surface area contributed by atoms with Crippen LogP contribution < -0.4 is 0 Å². The van der Waals surface area contributed by atoms with Gasteiger partial charge in [0.05, 0.1) is 4.92 Å². The van der Waals surface area contributed by atoms with Crippen molar-refractivity contribution in [3.05, 3.63) is 49.1 Å². The van der Waals surface area contributed by atoms with Crippen molar-refractivity contribution < 1.29 is 4.92 Å². The molecule has 0 radical (unpaired) electrons. The number of hydrogen-bond donors (Lipinski definition) is 0. The van der Waals surface area contributed by atoms with Crippen LogP contribution in [0.5, 0.6) is 0 Å². The lowest BCUT2D eigenvalue weighted by molar-refractivity contribution is -0.422. The zero-order valence-corrected chi connectivity index (χ0v) is 9.67. The molecule has 0 N–H and O–H groups in total. The summed E-state index contributed by atoms with van der Waals surface area (Å²) in [6.07, 6.45) is 1.47. The Hall–Kier alpha value is -0.870. The van der Waals surface area contributed by atoms with Gasteiger partial charge in [-0.05, 0) is 23.8 Å². The summed E-state index contributed by atoms with van der Waals surface area (Å²) in [6.45, 7) is 1.44. The third-order valence-electron chi connectivity index (χ3n) is 1.61. The van der Waals surface area contributed by atoms with E-state index in [0.717, 1.165) is 4.47 Å². The number of halogens is 2.